The molecule has 0 spiro atoms. The first kappa shape index (κ1) is 14.8. The van der Waals surface area contributed by atoms with Gasteiger partial charge in [-0.05, 0) is 29.7 Å². The summed E-state index contributed by atoms with van der Waals surface area (Å²) in [5.74, 6) is 0.149. The van der Waals surface area contributed by atoms with Crippen molar-refractivity contribution in [1.82, 2.24) is 0 Å². The number of carbonyl (C=O) groups excluding carboxylic acids is 1. The molecule has 1 nitrogen and oxygen atoms in total. The number of Topliss-reactive ketones (excluding diaryl/α,β-unsaturated/α-hetero) is 1. The van der Waals surface area contributed by atoms with E-state index in [1.807, 2.05) is 24.3 Å². The first-order valence-electron chi connectivity index (χ1n) is 6.66. The van der Waals surface area contributed by atoms with Gasteiger partial charge in [-0.15, -0.1) is 11.8 Å². The van der Waals surface area contributed by atoms with Crippen LogP contribution in [0.15, 0.2) is 53.4 Å². The lowest BCUT2D eigenvalue weighted by Crippen LogP contribution is -2.05. The Morgan fingerprint density at radius 2 is 1.70 bits per heavy atom. The summed E-state index contributed by atoms with van der Waals surface area (Å²) in [7, 11) is 0. The van der Waals surface area contributed by atoms with Crippen molar-refractivity contribution >= 4 is 17.5 Å². The van der Waals surface area contributed by atoms with E-state index in [1.54, 1.807) is 18.2 Å². The summed E-state index contributed by atoms with van der Waals surface area (Å²) < 4.78 is 13.4. The third-order valence-corrected chi connectivity index (χ3v) is 4.17. The predicted molar refractivity (Wildman–Crippen MR) is 81.7 cm³/mol. The minimum Gasteiger partial charge on any atom is -0.298 e. The van der Waals surface area contributed by atoms with E-state index in [-0.39, 0.29) is 11.6 Å². The van der Waals surface area contributed by atoms with Gasteiger partial charge < -0.3 is 0 Å². The van der Waals surface area contributed by atoms with E-state index in [0.29, 0.717) is 17.1 Å². The maximum absolute atomic E-state index is 13.4. The molecule has 0 saturated carbocycles. The van der Waals surface area contributed by atoms with Gasteiger partial charge in [0.1, 0.15) is 11.6 Å². The van der Waals surface area contributed by atoms with Crippen molar-refractivity contribution in [2.45, 2.75) is 24.7 Å². The van der Waals surface area contributed by atoms with Gasteiger partial charge in [0.05, 0.1) is 5.75 Å². The Labute approximate surface area is 123 Å². The Morgan fingerprint density at radius 1 is 1.05 bits per heavy atom. The molecule has 20 heavy (non-hydrogen) atoms. The molecule has 2 aromatic rings. The van der Waals surface area contributed by atoms with Gasteiger partial charge in [-0.25, -0.2) is 4.39 Å². The molecular weight excluding hydrogens is 271 g/mol. The van der Waals surface area contributed by atoms with Crippen LogP contribution in [0.3, 0.4) is 0 Å². The maximum Gasteiger partial charge on any atom is 0.147 e. The van der Waals surface area contributed by atoms with Gasteiger partial charge >= 0.3 is 0 Å². The zero-order valence-electron chi connectivity index (χ0n) is 11.4. The van der Waals surface area contributed by atoms with Crippen LogP contribution in [0.2, 0.25) is 0 Å². The molecule has 2 aromatic carbocycles. The molecule has 0 aliphatic carbocycles. The molecule has 3 heteroatoms. The van der Waals surface area contributed by atoms with Crippen molar-refractivity contribution in [1.29, 1.82) is 0 Å². The standard InChI is InChI=1S/C17H17FOS/c1-2-13-7-9-14(10-8-13)11-15(19)12-20-17-6-4-3-5-16(17)18/h3-10H,2,11-12H2,1H3. The molecule has 0 aliphatic rings. The fourth-order valence-corrected chi connectivity index (χ4v) is 2.69. The van der Waals surface area contributed by atoms with Gasteiger partial charge in [0, 0.05) is 11.3 Å². The number of aryl methyl sites for hydroxylation is 1. The Hall–Kier alpha value is -1.61. The molecule has 0 N–H and O–H groups in total. The van der Waals surface area contributed by atoms with E-state index in [2.05, 4.69) is 6.92 Å². The molecule has 0 fully saturated rings. The summed E-state index contributed by atoms with van der Waals surface area (Å²) in [6.45, 7) is 2.10. The highest BCUT2D eigenvalue weighted by molar-refractivity contribution is 8.00. The number of hydrogen-bond acceptors (Lipinski definition) is 2. The molecule has 0 atom stereocenters. The van der Waals surface area contributed by atoms with Crippen LogP contribution in [0.25, 0.3) is 0 Å². The van der Waals surface area contributed by atoms with E-state index in [1.165, 1.54) is 23.4 Å². The maximum atomic E-state index is 13.4. The van der Waals surface area contributed by atoms with Crippen LogP contribution < -0.4 is 0 Å². The lowest BCUT2D eigenvalue weighted by molar-refractivity contribution is -0.116. The zero-order chi connectivity index (χ0) is 14.4. The van der Waals surface area contributed by atoms with E-state index in [9.17, 15) is 9.18 Å². The van der Waals surface area contributed by atoms with E-state index in [0.717, 1.165) is 12.0 Å². The highest BCUT2D eigenvalue weighted by Gasteiger charge is 2.07. The largest absolute Gasteiger partial charge is 0.298 e. The number of rotatable bonds is 6. The fourth-order valence-electron chi connectivity index (χ4n) is 1.89. The topological polar surface area (TPSA) is 17.1 Å². The summed E-state index contributed by atoms with van der Waals surface area (Å²) in [5, 5.41) is 0. The normalized spacial score (nSPS) is 10.5. The van der Waals surface area contributed by atoms with Crippen LogP contribution >= 0.6 is 11.8 Å². The van der Waals surface area contributed by atoms with Crippen molar-refractivity contribution < 1.29 is 9.18 Å². The van der Waals surface area contributed by atoms with Gasteiger partial charge in [0.25, 0.3) is 0 Å². The van der Waals surface area contributed by atoms with Crippen LogP contribution in [0, 0.1) is 5.82 Å². The smallest absolute Gasteiger partial charge is 0.147 e. The van der Waals surface area contributed by atoms with Crippen LogP contribution in [-0.2, 0) is 17.6 Å². The second-order valence-corrected chi connectivity index (χ2v) is 5.62. The molecule has 0 saturated heterocycles. The van der Waals surface area contributed by atoms with Gasteiger partial charge in [0.2, 0.25) is 0 Å². The summed E-state index contributed by atoms with van der Waals surface area (Å²) in [6, 6.07) is 14.6. The third-order valence-electron chi connectivity index (χ3n) is 3.06. The van der Waals surface area contributed by atoms with Gasteiger partial charge in [-0.3, -0.25) is 4.79 Å². The fraction of sp³-hybridized carbons (Fsp3) is 0.235. The number of benzene rings is 2. The number of carbonyl (C=O) groups is 1. The van der Waals surface area contributed by atoms with Crippen molar-refractivity contribution in [3.63, 3.8) is 0 Å². The third kappa shape index (κ3) is 4.20. The number of halogens is 1. The van der Waals surface area contributed by atoms with Crippen molar-refractivity contribution in [3.8, 4) is 0 Å². The first-order chi connectivity index (χ1) is 9.69. The summed E-state index contributed by atoms with van der Waals surface area (Å²) in [4.78, 5) is 12.4. The molecule has 0 radical (unpaired) electrons. The van der Waals surface area contributed by atoms with Crippen LogP contribution in [0.1, 0.15) is 18.1 Å². The lowest BCUT2D eigenvalue weighted by Gasteiger charge is -2.04. The van der Waals surface area contributed by atoms with Gasteiger partial charge in [0.15, 0.2) is 0 Å². The second-order valence-electron chi connectivity index (χ2n) is 4.60. The minimum absolute atomic E-state index is 0.113. The molecular formula is C17H17FOS. The molecule has 0 aromatic heterocycles. The Morgan fingerprint density at radius 3 is 2.35 bits per heavy atom. The number of thioether (sulfide) groups is 1. The van der Waals surface area contributed by atoms with Crippen LogP contribution in [-0.4, -0.2) is 11.5 Å². The number of hydrogen-bond donors (Lipinski definition) is 0. The molecule has 0 unspecified atom stereocenters. The molecule has 2 rings (SSSR count). The van der Waals surface area contributed by atoms with Crippen LogP contribution in [0.4, 0.5) is 4.39 Å². The minimum atomic E-state index is -0.266. The van der Waals surface area contributed by atoms with E-state index in [4.69, 9.17) is 0 Å². The predicted octanol–water partition coefficient (Wildman–Crippen LogP) is 4.29. The molecule has 104 valence electrons. The van der Waals surface area contributed by atoms with Crippen molar-refractivity contribution in [2.75, 3.05) is 5.75 Å². The van der Waals surface area contributed by atoms with Crippen molar-refractivity contribution in [3.05, 3.63) is 65.5 Å². The van der Waals surface area contributed by atoms with Gasteiger partial charge in [-0.1, -0.05) is 43.3 Å². The molecule has 0 heterocycles. The first-order valence-corrected chi connectivity index (χ1v) is 7.64. The number of ketones is 1. The van der Waals surface area contributed by atoms with Gasteiger partial charge in [-0.2, -0.15) is 0 Å². The second kappa shape index (κ2) is 7.25. The Bertz CT molecular complexity index is 578. The summed E-state index contributed by atoms with van der Waals surface area (Å²) in [5.41, 5.74) is 2.28. The Kier molecular flexibility index (Phi) is 5.36. The lowest BCUT2D eigenvalue weighted by atomic mass is 10.1. The SMILES string of the molecule is CCc1ccc(CC(=O)CSc2ccccc2F)cc1. The highest BCUT2D eigenvalue weighted by atomic mass is 32.2. The molecule has 0 aliphatic heterocycles. The zero-order valence-corrected chi connectivity index (χ0v) is 12.3. The van der Waals surface area contributed by atoms with Crippen molar-refractivity contribution in [2.24, 2.45) is 0 Å². The van der Waals surface area contributed by atoms with Crippen LogP contribution in [0.5, 0.6) is 0 Å². The molecule has 0 amide bonds. The summed E-state index contributed by atoms with van der Waals surface area (Å²) >= 11 is 1.26. The quantitative estimate of drug-likeness (QED) is 0.738. The highest BCUT2D eigenvalue weighted by Crippen LogP contribution is 2.21. The summed E-state index contributed by atoms with van der Waals surface area (Å²) in [6.07, 6.45) is 1.41. The average molecular weight is 288 g/mol. The van der Waals surface area contributed by atoms with E-state index < -0.39 is 0 Å². The van der Waals surface area contributed by atoms with E-state index >= 15 is 0 Å². The average Bonchev–Trinajstić information content (AvgIpc) is 2.47. The monoisotopic (exact) mass is 288 g/mol. The molecule has 0 bridgehead atoms. The Balaban J connectivity index is 1.87.